The fraction of sp³-hybridized carbons (Fsp3) is 0.588. The molecule has 5 heteroatoms. The van der Waals surface area contributed by atoms with Crippen LogP contribution in [0.4, 0.5) is 0 Å². The minimum Gasteiger partial charge on any atom is -0.383 e. The summed E-state index contributed by atoms with van der Waals surface area (Å²) in [6.07, 6.45) is 4.23. The second-order valence-corrected chi connectivity index (χ2v) is 6.27. The van der Waals surface area contributed by atoms with Crippen LogP contribution in [0.3, 0.4) is 0 Å². The molecule has 1 aliphatic rings. The van der Waals surface area contributed by atoms with Crippen molar-refractivity contribution in [1.82, 2.24) is 19.2 Å². The molecule has 3 heterocycles. The molecule has 2 aromatic heterocycles. The van der Waals surface area contributed by atoms with Crippen molar-refractivity contribution in [3.05, 3.63) is 35.8 Å². The summed E-state index contributed by atoms with van der Waals surface area (Å²) in [6.45, 7) is 10.5. The van der Waals surface area contributed by atoms with Crippen LogP contribution in [-0.2, 0) is 11.3 Å². The van der Waals surface area contributed by atoms with Crippen molar-refractivity contribution in [2.24, 2.45) is 0 Å². The molecule has 0 N–H and O–H groups in total. The molecule has 0 radical (unpaired) electrons. The number of hydrogen-bond donors (Lipinski definition) is 0. The summed E-state index contributed by atoms with van der Waals surface area (Å²) in [4.78, 5) is 9.80. The Balaban J connectivity index is 1.62. The predicted octanol–water partition coefficient (Wildman–Crippen LogP) is 1.80. The van der Waals surface area contributed by atoms with Gasteiger partial charge in [-0.25, -0.2) is 4.98 Å². The lowest BCUT2D eigenvalue weighted by molar-refractivity contribution is 0.0553. The van der Waals surface area contributed by atoms with E-state index in [1.165, 1.54) is 5.56 Å². The Labute approximate surface area is 132 Å². The molecule has 1 saturated heterocycles. The average molecular weight is 302 g/mol. The van der Waals surface area contributed by atoms with E-state index in [0.717, 1.165) is 50.7 Å². The van der Waals surface area contributed by atoms with E-state index in [0.29, 0.717) is 6.04 Å². The van der Waals surface area contributed by atoms with E-state index in [1.807, 2.05) is 0 Å². The van der Waals surface area contributed by atoms with E-state index in [2.05, 4.69) is 52.6 Å². The van der Waals surface area contributed by atoms with E-state index in [9.17, 15) is 0 Å². The van der Waals surface area contributed by atoms with Crippen LogP contribution in [0.15, 0.2) is 24.5 Å². The molecule has 5 nitrogen and oxygen atoms in total. The van der Waals surface area contributed by atoms with E-state index >= 15 is 0 Å². The van der Waals surface area contributed by atoms with Crippen LogP contribution < -0.4 is 0 Å². The van der Waals surface area contributed by atoms with E-state index in [-0.39, 0.29) is 0 Å². The lowest BCUT2D eigenvalue weighted by atomic mass is 10.2. The molecule has 1 fully saturated rings. The maximum atomic E-state index is 5.19. The second-order valence-electron chi connectivity index (χ2n) is 6.27. The lowest BCUT2D eigenvalue weighted by Crippen LogP contribution is -2.52. The quantitative estimate of drug-likeness (QED) is 0.843. The number of piperazine rings is 1. The van der Waals surface area contributed by atoms with Crippen molar-refractivity contribution < 1.29 is 4.74 Å². The Morgan fingerprint density at radius 2 is 2.23 bits per heavy atom. The van der Waals surface area contributed by atoms with Crippen molar-refractivity contribution >= 4 is 5.65 Å². The van der Waals surface area contributed by atoms with Gasteiger partial charge in [0.2, 0.25) is 0 Å². The topological polar surface area (TPSA) is 33.0 Å². The SMILES string of the molecule is COCCN1CCN(Cc2cn3cccc(C)c3n2)C[C@H]1C. The monoisotopic (exact) mass is 302 g/mol. The molecule has 120 valence electrons. The van der Waals surface area contributed by atoms with Crippen LogP contribution >= 0.6 is 0 Å². The van der Waals surface area contributed by atoms with Gasteiger partial charge in [0.15, 0.2) is 0 Å². The summed E-state index contributed by atoms with van der Waals surface area (Å²) in [5.41, 5.74) is 3.46. The smallest absolute Gasteiger partial charge is 0.139 e. The van der Waals surface area contributed by atoms with Crippen molar-refractivity contribution in [3.63, 3.8) is 0 Å². The molecule has 22 heavy (non-hydrogen) atoms. The third-order valence-corrected chi connectivity index (χ3v) is 4.55. The number of fused-ring (bicyclic) bond motifs is 1. The van der Waals surface area contributed by atoms with Gasteiger partial charge in [-0.15, -0.1) is 0 Å². The highest BCUT2D eigenvalue weighted by atomic mass is 16.5. The van der Waals surface area contributed by atoms with Gasteiger partial charge in [-0.2, -0.15) is 0 Å². The molecule has 2 aromatic rings. The van der Waals surface area contributed by atoms with Crippen LogP contribution in [0, 0.1) is 6.92 Å². The zero-order valence-electron chi connectivity index (χ0n) is 13.8. The Morgan fingerprint density at radius 1 is 1.36 bits per heavy atom. The number of nitrogens with zero attached hydrogens (tertiary/aromatic N) is 4. The summed E-state index contributed by atoms with van der Waals surface area (Å²) < 4.78 is 7.32. The minimum absolute atomic E-state index is 0.572. The molecule has 1 atom stereocenters. The number of hydrogen-bond acceptors (Lipinski definition) is 4. The number of pyridine rings is 1. The molecule has 0 bridgehead atoms. The van der Waals surface area contributed by atoms with Crippen LogP contribution in [0.2, 0.25) is 0 Å². The van der Waals surface area contributed by atoms with E-state index < -0.39 is 0 Å². The highest BCUT2D eigenvalue weighted by Crippen LogP contribution is 2.15. The maximum Gasteiger partial charge on any atom is 0.139 e. The van der Waals surface area contributed by atoms with Gasteiger partial charge in [0.1, 0.15) is 5.65 Å². The Morgan fingerprint density at radius 3 is 2.95 bits per heavy atom. The standard InChI is InChI=1S/C17H26N4O/c1-14-5-4-6-21-13-16(18-17(14)21)12-19-7-8-20(9-10-22-3)15(2)11-19/h4-6,13,15H,7-12H2,1-3H3/t15-/m1/s1. The number of ether oxygens (including phenoxy) is 1. The van der Waals surface area contributed by atoms with Crippen molar-refractivity contribution in [1.29, 1.82) is 0 Å². The zero-order chi connectivity index (χ0) is 15.5. The first kappa shape index (κ1) is 15.5. The summed E-state index contributed by atoms with van der Waals surface area (Å²) in [7, 11) is 1.77. The normalized spacial score (nSPS) is 20.8. The van der Waals surface area contributed by atoms with Gasteiger partial charge >= 0.3 is 0 Å². The van der Waals surface area contributed by atoms with Crippen LogP contribution in [0.1, 0.15) is 18.2 Å². The van der Waals surface area contributed by atoms with Gasteiger partial charge < -0.3 is 9.14 Å². The molecule has 0 aromatic carbocycles. The number of methoxy groups -OCH3 is 1. The van der Waals surface area contributed by atoms with Gasteiger partial charge in [0.05, 0.1) is 12.3 Å². The first-order chi connectivity index (χ1) is 10.7. The largest absolute Gasteiger partial charge is 0.383 e. The molecule has 0 saturated carbocycles. The highest BCUT2D eigenvalue weighted by Gasteiger charge is 2.23. The summed E-state index contributed by atoms with van der Waals surface area (Å²) in [5, 5.41) is 0. The van der Waals surface area contributed by atoms with Crippen LogP contribution in [0.25, 0.3) is 5.65 Å². The third kappa shape index (κ3) is 3.32. The third-order valence-electron chi connectivity index (χ3n) is 4.55. The van der Waals surface area contributed by atoms with E-state index in [1.54, 1.807) is 7.11 Å². The summed E-state index contributed by atoms with van der Waals surface area (Å²) >= 11 is 0. The van der Waals surface area contributed by atoms with Gasteiger partial charge in [-0.1, -0.05) is 6.07 Å². The van der Waals surface area contributed by atoms with Crippen molar-refractivity contribution in [2.75, 3.05) is 39.9 Å². The highest BCUT2D eigenvalue weighted by molar-refractivity contribution is 5.47. The second kappa shape index (κ2) is 6.77. The zero-order valence-corrected chi connectivity index (χ0v) is 13.8. The molecule has 3 rings (SSSR count). The van der Waals surface area contributed by atoms with Crippen LogP contribution in [-0.4, -0.2) is 65.1 Å². The Kier molecular flexibility index (Phi) is 4.76. The Hall–Kier alpha value is -1.43. The fourth-order valence-corrected chi connectivity index (χ4v) is 3.26. The summed E-state index contributed by atoms with van der Waals surface area (Å²) in [6, 6.07) is 4.76. The summed E-state index contributed by atoms with van der Waals surface area (Å²) in [5.74, 6) is 0. The average Bonchev–Trinajstić information content (AvgIpc) is 2.90. The molecule has 0 spiro atoms. The predicted molar refractivity (Wildman–Crippen MR) is 88.1 cm³/mol. The van der Waals surface area contributed by atoms with Gasteiger partial charge in [0.25, 0.3) is 0 Å². The van der Waals surface area contributed by atoms with Crippen molar-refractivity contribution in [2.45, 2.75) is 26.4 Å². The molecular weight excluding hydrogens is 276 g/mol. The van der Waals surface area contributed by atoms with E-state index in [4.69, 9.17) is 9.72 Å². The number of rotatable bonds is 5. The van der Waals surface area contributed by atoms with Gasteiger partial charge in [-0.3, -0.25) is 9.80 Å². The maximum absolute atomic E-state index is 5.19. The van der Waals surface area contributed by atoms with Crippen LogP contribution in [0.5, 0.6) is 0 Å². The lowest BCUT2D eigenvalue weighted by Gasteiger charge is -2.39. The Bertz CT molecular complexity index is 624. The number of aromatic nitrogens is 2. The van der Waals surface area contributed by atoms with Crippen molar-refractivity contribution in [3.8, 4) is 0 Å². The molecule has 0 unspecified atom stereocenters. The molecule has 1 aliphatic heterocycles. The number of imidazole rings is 1. The number of aryl methyl sites for hydroxylation is 1. The minimum atomic E-state index is 0.572. The fourth-order valence-electron chi connectivity index (χ4n) is 3.26. The molecular formula is C17H26N4O. The molecule has 0 amide bonds. The first-order valence-electron chi connectivity index (χ1n) is 8.06. The van der Waals surface area contributed by atoms with Gasteiger partial charge in [0, 0.05) is 58.3 Å². The van der Waals surface area contributed by atoms with Gasteiger partial charge in [-0.05, 0) is 25.5 Å². The molecule has 0 aliphatic carbocycles. The first-order valence-corrected chi connectivity index (χ1v) is 8.06.